The molecule has 1 aromatic carbocycles. The molecule has 3 aliphatic heterocycles. The lowest BCUT2D eigenvalue weighted by Gasteiger charge is -2.28. The van der Waals surface area contributed by atoms with Crippen molar-refractivity contribution in [2.24, 2.45) is 17.8 Å². The van der Waals surface area contributed by atoms with Gasteiger partial charge >= 0.3 is 0 Å². The van der Waals surface area contributed by atoms with Crippen LogP contribution in [0.1, 0.15) is 23.2 Å². The summed E-state index contributed by atoms with van der Waals surface area (Å²) in [5, 5.41) is 3.42. The summed E-state index contributed by atoms with van der Waals surface area (Å²) in [6, 6.07) is 7.85. The van der Waals surface area contributed by atoms with Crippen LogP contribution in [0.2, 0.25) is 0 Å². The zero-order valence-electron chi connectivity index (χ0n) is 22.0. The molecular weight excluding hydrogens is 480 g/mol. The maximum Gasteiger partial charge on any atom is 0.259 e. The van der Waals surface area contributed by atoms with Gasteiger partial charge in [-0.1, -0.05) is 12.1 Å². The van der Waals surface area contributed by atoms with Crippen LogP contribution in [0.5, 0.6) is 0 Å². The van der Waals surface area contributed by atoms with E-state index in [0.717, 1.165) is 63.1 Å². The Balaban J connectivity index is 1.30. The van der Waals surface area contributed by atoms with E-state index in [1.54, 1.807) is 6.20 Å². The number of amides is 1. The molecule has 3 aliphatic rings. The summed E-state index contributed by atoms with van der Waals surface area (Å²) in [5.41, 5.74) is 2.53. The van der Waals surface area contributed by atoms with Gasteiger partial charge in [0.25, 0.3) is 5.91 Å². The molecule has 3 aromatic heterocycles. The van der Waals surface area contributed by atoms with Crippen molar-refractivity contribution >= 4 is 39.6 Å². The van der Waals surface area contributed by atoms with E-state index >= 15 is 0 Å². The predicted molar refractivity (Wildman–Crippen MR) is 148 cm³/mol. The van der Waals surface area contributed by atoms with Crippen molar-refractivity contribution in [3.8, 4) is 0 Å². The Morgan fingerprint density at radius 1 is 1.05 bits per heavy atom. The molecule has 1 amide bonds. The number of hydrogen-bond donors (Lipinski definition) is 2. The van der Waals surface area contributed by atoms with Gasteiger partial charge in [-0.05, 0) is 69.9 Å². The van der Waals surface area contributed by atoms with Crippen molar-refractivity contribution in [1.82, 2.24) is 34.5 Å². The number of fused-ring (bicyclic) bond motifs is 6. The van der Waals surface area contributed by atoms with Gasteiger partial charge in [0, 0.05) is 38.9 Å². The molecule has 2 N–H and O–H groups in total. The number of nitrogens with zero attached hydrogens (tertiary/aromatic N) is 6. The number of para-hydroxylation sites is 2. The Labute approximate surface area is 220 Å². The summed E-state index contributed by atoms with van der Waals surface area (Å²) >= 11 is 0. The molecule has 198 valence electrons. The molecule has 10 heteroatoms. The maximum atomic E-state index is 13.8. The van der Waals surface area contributed by atoms with E-state index in [4.69, 9.17) is 4.98 Å². The number of pyridine rings is 1. The van der Waals surface area contributed by atoms with Crippen LogP contribution in [-0.4, -0.2) is 95.0 Å². The summed E-state index contributed by atoms with van der Waals surface area (Å²) in [4.78, 5) is 47.2. The molecule has 3 fully saturated rings. The topological polar surface area (TPSA) is 102 Å². The molecule has 38 heavy (non-hydrogen) atoms. The van der Waals surface area contributed by atoms with E-state index in [1.165, 1.54) is 0 Å². The van der Waals surface area contributed by atoms with Crippen LogP contribution >= 0.6 is 0 Å². The van der Waals surface area contributed by atoms with Gasteiger partial charge in [0.2, 0.25) is 11.4 Å². The quantitative estimate of drug-likeness (QED) is 0.428. The van der Waals surface area contributed by atoms with Gasteiger partial charge in [0.1, 0.15) is 11.2 Å². The second-order valence-electron chi connectivity index (χ2n) is 11.5. The van der Waals surface area contributed by atoms with Crippen molar-refractivity contribution in [3.63, 3.8) is 0 Å². The van der Waals surface area contributed by atoms with E-state index in [-0.39, 0.29) is 16.9 Å². The molecule has 4 aromatic rings. The number of H-pyrrole nitrogens is 1. The van der Waals surface area contributed by atoms with Crippen molar-refractivity contribution in [1.29, 1.82) is 0 Å². The van der Waals surface area contributed by atoms with Crippen LogP contribution in [0.4, 0.5) is 5.95 Å². The number of aromatic amines is 1. The third-order valence-corrected chi connectivity index (χ3v) is 8.87. The number of carbonyl (C=O) groups excluding carboxylic acids is 1. The predicted octanol–water partition coefficient (Wildman–Crippen LogP) is 1.79. The average molecular weight is 515 g/mol. The lowest BCUT2D eigenvalue weighted by atomic mass is 9.97. The second-order valence-corrected chi connectivity index (χ2v) is 11.5. The van der Waals surface area contributed by atoms with Crippen LogP contribution in [0.3, 0.4) is 0 Å². The minimum Gasteiger partial charge on any atom is -0.352 e. The second kappa shape index (κ2) is 9.06. The van der Waals surface area contributed by atoms with E-state index in [1.807, 2.05) is 28.7 Å². The molecule has 10 nitrogen and oxygen atoms in total. The Hall–Kier alpha value is -3.50. The van der Waals surface area contributed by atoms with Gasteiger partial charge in [0.15, 0.2) is 5.65 Å². The molecule has 6 heterocycles. The summed E-state index contributed by atoms with van der Waals surface area (Å²) in [6.45, 7) is 6.65. The number of benzene rings is 1. The zero-order chi connectivity index (χ0) is 26.0. The van der Waals surface area contributed by atoms with Gasteiger partial charge in [-0.2, -0.15) is 4.98 Å². The fourth-order valence-corrected chi connectivity index (χ4v) is 6.75. The Bertz CT molecular complexity index is 1590. The summed E-state index contributed by atoms with van der Waals surface area (Å²) in [5.74, 6) is 1.95. The van der Waals surface area contributed by atoms with E-state index in [0.29, 0.717) is 46.9 Å². The number of hydrogen-bond acceptors (Lipinski definition) is 7. The maximum absolute atomic E-state index is 13.8. The van der Waals surface area contributed by atoms with E-state index in [2.05, 4.69) is 44.1 Å². The molecule has 0 saturated carbocycles. The van der Waals surface area contributed by atoms with Crippen molar-refractivity contribution in [2.45, 2.75) is 12.8 Å². The highest BCUT2D eigenvalue weighted by molar-refractivity contribution is 6.05. The van der Waals surface area contributed by atoms with Crippen LogP contribution < -0.4 is 15.6 Å². The van der Waals surface area contributed by atoms with Gasteiger partial charge in [-0.25, -0.2) is 4.98 Å². The highest BCUT2D eigenvalue weighted by Gasteiger charge is 2.39. The number of anilines is 1. The first-order valence-electron chi connectivity index (χ1n) is 13.7. The molecule has 0 bridgehead atoms. The summed E-state index contributed by atoms with van der Waals surface area (Å²) < 4.78 is 1.92. The lowest BCUT2D eigenvalue weighted by molar-refractivity contribution is 0.0939. The number of rotatable bonds is 4. The molecule has 0 radical (unpaired) electrons. The van der Waals surface area contributed by atoms with Crippen molar-refractivity contribution < 1.29 is 4.79 Å². The van der Waals surface area contributed by atoms with E-state index in [9.17, 15) is 9.59 Å². The average Bonchev–Trinajstić information content (AvgIpc) is 3.59. The van der Waals surface area contributed by atoms with Crippen LogP contribution in [0, 0.1) is 17.8 Å². The Kier molecular flexibility index (Phi) is 5.63. The highest BCUT2D eigenvalue weighted by Crippen LogP contribution is 2.32. The first-order valence-corrected chi connectivity index (χ1v) is 13.7. The molecule has 0 spiro atoms. The van der Waals surface area contributed by atoms with E-state index < -0.39 is 0 Å². The van der Waals surface area contributed by atoms with Gasteiger partial charge in [-0.15, -0.1) is 0 Å². The molecular formula is C28H34N8O2. The van der Waals surface area contributed by atoms with Crippen LogP contribution in [-0.2, 0) is 0 Å². The molecule has 0 aliphatic carbocycles. The number of imidazole rings is 1. The highest BCUT2D eigenvalue weighted by atomic mass is 16.2. The largest absolute Gasteiger partial charge is 0.352 e. The van der Waals surface area contributed by atoms with Crippen LogP contribution in [0.15, 0.2) is 35.3 Å². The zero-order valence-corrected chi connectivity index (χ0v) is 22.0. The first kappa shape index (κ1) is 23.6. The molecule has 7 rings (SSSR count). The normalized spacial score (nSPS) is 23.2. The standard InChI is InChI=1S/C28H34N8O2/c1-33-9-7-17(8-10-33)11-29-27(38)23-24(37)20-12-30-28(35-15-18-13-34(2)14-19(18)16-35)32-25(20)36-22-6-4-3-5-21(22)31-26(23)36/h3-6,12,17-19,31H,7-11,13-16H2,1-2H3,(H,29,38). The minimum atomic E-state index is -0.347. The molecule has 2 unspecified atom stereocenters. The third kappa shape index (κ3) is 3.85. The number of likely N-dealkylation sites (tertiary alicyclic amines) is 2. The van der Waals surface area contributed by atoms with Gasteiger partial charge in [0.05, 0.1) is 16.4 Å². The number of carbonyl (C=O) groups is 1. The molecule has 3 saturated heterocycles. The Morgan fingerprint density at radius 2 is 1.79 bits per heavy atom. The molecule has 2 atom stereocenters. The van der Waals surface area contributed by atoms with Crippen LogP contribution in [0.25, 0.3) is 27.7 Å². The third-order valence-electron chi connectivity index (χ3n) is 8.87. The summed E-state index contributed by atoms with van der Waals surface area (Å²) in [6.07, 6.45) is 3.70. The fraction of sp³-hybridized carbons (Fsp3) is 0.500. The lowest BCUT2D eigenvalue weighted by Crippen LogP contribution is -2.38. The van der Waals surface area contributed by atoms with Gasteiger partial charge < -0.3 is 25.0 Å². The number of piperidine rings is 1. The van der Waals surface area contributed by atoms with Gasteiger partial charge in [-0.3, -0.25) is 14.0 Å². The summed E-state index contributed by atoms with van der Waals surface area (Å²) in [7, 11) is 4.30. The first-order chi connectivity index (χ1) is 18.5. The SMILES string of the molecule is CN1CCC(CNC(=O)c2c(=O)c3cnc(N4CC5CN(C)CC5C4)nc3n3c2[nH]c2ccccc23)CC1. The van der Waals surface area contributed by atoms with Crippen molar-refractivity contribution in [2.75, 3.05) is 64.8 Å². The fourth-order valence-electron chi connectivity index (χ4n) is 6.75. The number of nitrogens with one attached hydrogen (secondary N) is 2. The monoisotopic (exact) mass is 514 g/mol. The van der Waals surface area contributed by atoms with Crippen molar-refractivity contribution in [3.05, 3.63) is 46.2 Å². The smallest absolute Gasteiger partial charge is 0.259 e. The Morgan fingerprint density at radius 3 is 2.55 bits per heavy atom. The number of aromatic nitrogens is 4. The minimum absolute atomic E-state index is 0.122.